The second-order valence-corrected chi connectivity index (χ2v) is 15.2. The van der Waals surface area contributed by atoms with Crippen molar-refractivity contribution in [1.29, 1.82) is 0 Å². The molecular formula is C36H43N6O11P. The Kier molecular flexibility index (Phi) is 14.9. The number of aliphatic hydroxyl groups excluding tert-OH is 1. The molecule has 17 nitrogen and oxygen atoms in total. The van der Waals surface area contributed by atoms with Gasteiger partial charge in [0.15, 0.2) is 0 Å². The van der Waals surface area contributed by atoms with Gasteiger partial charge in [0.25, 0.3) is 11.8 Å². The van der Waals surface area contributed by atoms with Crippen LogP contribution in [0.15, 0.2) is 84.9 Å². The van der Waals surface area contributed by atoms with E-state index >= 15 is 0 Å². The largest absolute Gasteiger partial charge is 0.450 e. The highest BCUT2D eigenvalue weighted by Gasteiger charge is 2.30. The zero-order valence-electron chi connectivity index (χ0n) is 31.2. The van der Waals surface area contributed by atoms with Crippen molar-refractivity contribution >= 4 is 30.9 Å². The molecule has 0 unspecified atom stereocenters. The van der Waals surface area contributed by atoms with Crippen LogP contribution in [-0.2, 0) is 22.3 Å². The van der Waals surface area contributed by atoms with Crippen molar-refractivity contribution in [3.05, 3.63) is 127 Å². The molecule has 288 valence electrons. The van der Waals surface area contributed by atoms with E-state index in [1.54, 1.807) is 105 Å². The normalized spacial score (nSPS) is 11.0. The van der Waals surface area contributed by atoms with Gasteiger partial charge in [-0.3, -0.25) is 34.4 Å². The van der Waals surface area contributed by atoms with Gasteiger partial charge in [-0.25, -0.2) is 9.34 Å². The summed E-state index contributed by atoms with van der Waals surface area (Å²) in [6.07, 6.45) is 0. The van der Waals surface area contributed by atoms with Crippen molar-refractivity contribution in [3.63, 3.8) is 0 Å². The topological polar surface area (TPSA) is 198 Å². The van der Waals surface area contributed by atoms with Crippen molar-refractivity contribution in [2.24, 2.45) is 0 Å². The van der Waals surface area contributed by atoms with Gasteiger partial charge in [0.2, 0.25) is 11.5 Å². The number of nitro groups is 2. The van der Waals surface area contributed by atoms with Crippen LogP contribution in [0.2, 0.25) is 0 Å². The molecule has 0 aliphatic carbocycles. The van der Waals surface area contributed by atoms with E-state index in [0.29, 0.717) is 33.8 Å². The molecule has 54 heavy (non-hydrogen) atoms. The third kappa shape index (κ3) is 11.1. The number of hydrogen-bond acceptors (Lipinski definition) is 11. The Hall–Kier alpha value is -5.71. The average molecular weight is 767 g/mol. The molecule has 4 aromatic rings. The molecule has 2 amide bonds. The van der Waals surface area contributed by atoms with Gasteiger partial charge in [-0.1, -0.05) is 0 Å². The van der Waals surface area contributed by atoms with Crippen molar-refractivity contribution < 1.29 is 43.1 Å². The van der Waals surface area contributed by atoms with Crippen LogP contribution in [0.3, 0.4) is 0 Å². The number of rotatable bonds is 14. The van der Waals surface area contributed by atoms with Crippen LogP contribution in [0.4, 0.5) is 11.4 Å². The summed E-state index contributed by atoms with van der Waals surface area (Å²) in [6.45, 7) is -0.275. The highest BCUT2D eigenvalue weighted by atomic mass is 31.2. The average Bonchev–Trinajstić information content (AvgIpc) is 3.13. The van der Waals surface area contributed by atoms with Gasteiger partial charge in [0, 0.05) is 51.5 Å². The van der Waals surface area contributed by atoms with E-state index in [2.05, 4.69) is 0 Å². The van der Waals surface area contributed by atoms with E-state index in [1.165, 1.54) is 55.5 Å². The van der Waals surface area contributed by atoms with Crippen LogP contribution in [0, 0.1) is 20.2 Å². The van der Waals surface area contributed by atoms with Crippen molar-refractivity contribution in [3.8, 4) is 23.0 Å². The number of aliphatic hydroxyl groups is 1. The smallest absolute Gasteiger partial charge is 0.345 e. The molecule has 4 rings (SSSR count). The Balaban J connectivity index is 0.000000303. The first-order valence-electron chi connectivity index (χ1n) is 16.1. The Morgan fingerprint density at radius 1 is 0.630 bits per heavy atom. The van der Waals surface area contributed by atoms with Crippen molar-refractivity contribution in [2.75, 3.05) is 56.4 Å². The quantitative estimate of drug-likeness (QED) is 0.0839. The van der Waals surface area contributed by atoms with Gasteiger partial charge in [-0.2, -0.15) is 0 Å². The van der Waals surface area contributed by atoms with Crippen molar-refractivity contribution in [1.82, 2.24) is 19.1 Å². The lowest BCUT2D eigenvalue weighted by atomic mass is 10.2. The van der Waals surface area contributed by atoms with Gasteiger partial charge in [0.05, 0.1) is 23.1 Å². The first-order chi connectivity index (χ1) is 25.4. The molecule has 0 heterocycles. The fourth-order valence-electron chi connectivity index (χ4n) is 4.62. The lowest BCUT2D eigenvalue weighted by Gasteiger charge is -2.29. The van der Waals surface area contributed by atoms with Gasteiger partial charge in [0.1, 0.15) is 11.5 Å². The summed E-state index contributed by atoms with van der Waals surface area (Å²) in [5.74, 6) is 0.436. The standard InChI is InChI=1S/C20H27N4O6P.C16H16N2O5/c1-21(2)20(25)16-8-10-17(11-9-16)30-19-13-15(7-12-18(19)24(26)27)14-29-31(28,22(3)4)23(5)6;1-17(2)16(20)12-4-6-13(7-5-12)23-15-9-11(10-19)3-8-14(15)18(21)22/h7-13H,14H2,1-6H3;3-9,19H,10H2,1-2H3. The molecule has 0 fully saturated rings. The summed E-state index contributed by atoms with van der Waals surface area (Å²) in [6, 6.07) is 21.1. The van der Waals surface area contributed by atoms with E-state index in [-0.39, 0.29) is 47.9 Å². The molecule has 0 radical (unpaired) electrons. The van der Waals surface area contributed by atoms with E-state index < -0.39 is 17.5 Å². The van der Waals surface area contributed by atoms with Gasteiger partial charge >= 0.3 is 19.0 Å². The summed E-state index contributed by atoms with van der Waals surface area (Å²) in [7, 11) is 9.98. The summed E-state index contributed by atoms with van der Waals surface area (Å²) < 4.78 is 32.8. The fraction of sp³-hybridized carbons (Fsp3) is 0.278. The van der Waals surface area contributed by atoms with Crippen LogP contribution in [-0.4, -0.2) is 102 Å². The van der Waals surface area contributed by atoms with Crippen LogP contribution in [0.1, 0.15) is 31.8 Å². The molecule has 4 aromatic carbocycles. The second kappa shape index (κ2) is 18.9. The Labute approximate surface area is 312 Å². The van der Waals surface area contributed by atoms with E-state index in [9.17, 15) is 34.4 Å². The lowest BCUT2D eigenvalue weighted by Crippen LogP contribution is -2.22. The predicted molar refractivity (Wildman–Crippen MR) is 201 cm³/mol. The number of nitrogens with zero attached hydrogens (tertiary/aromatic N) is 6. The molecule has 0 aromatic heterocycles. The Bertz CT molecular complexity index is 1990. The molecular weight excluding hydrogens is 723 g/mol. The monoisotopic (exact) mass is 766 g/mol. The molecule has 18 heteroatoms. The molecule has 0 aliphatic rings. The first-order valence-corrected chi connectivity index (χ1v) is 17.7. The number of carbonyl (C=O) groups is 2. The first kappa shape index (κ1) is 42.7. The van der Waals surface area contributed by atoms with Crippen LogP contribution < -0.4 is 9.47 Å². The number of amides is 2. The maximum Gasteiger partial charge on any atom is 0.345 e. The zero-order chi connectivity index (χ0) is 40.3. The third-order valence-electron chi connectivity index (χ3n) is 7.51. The van der Waals surface area contributed by atoms with E-state index in [0.717, 1.165) is 0 Å². The number of carbonyl (C=O) groups excluding carboxylic acids is 2. The number of hydrogen-bond donors (Lipinski definition) is 1. The maximum atomic E-state index is 12.9. The van der Waals surface area contributed by atoms with Gasteiger partial charge in [-0.05, 0) is 112 Å². The highest BCUT2D eigenvalue weighted by Crippen LogP contribution is 2.51. The van der Waals surface area contributed by atoms with Crippen LogP contribution >= 0.6 is 7.67 Å². The molecule has 0 saturated heterocycles. The van der Waals surface area contributed by atoms with Crippen LogP contribution in [0.25, 0.3) is 0 Å². The number of benzene rings is 4. The highest BCUT2D eigenvalue weighted by molar-refractivity contribution is 7.53. The number of nitro benzene ring substituents is 2. The summed E-state index contributed by atoms with van der Waals surface area (Å²) in [5.41, 5.74) is 1.60. The van der Waals surface area contributed by atoms with Gasteiger partial charge in [-0.15, -0.1) is 0 Å². The fourth-order valence-corrected chi connectivity index (χ4v) is 6.11. The maximum absolute atomic E-state index is 12.9. The second-order valence-electron chi connectivity index (χ2n) is 12.4. The summed E-state index contributed by atoms with van der Waals surface area (Å²) in [5, 5.41) is 31.6. The number of ether oxygens (including phenoxy) is 2. The molecule has 1 N–H and O–H groups in total. The predicted octanol–water partition coefficient (Wildman–Crippen LogP) is 6.42. The molecule has 0 saturated carbocycles. The minimum absolute atomic E-state index is 0.0160. The van der Waals surface area contributed by atoms with E-state index in [1.807, 2.05) is 0 Å². The minimum Gasteiger partial charge on any atom is -0.450 e. The summed E-state index contributed by atoms with van der Waals surface area (Å²) in [4.78, 5) is 48.1. The van der Waals surface area contributed by atoms with Crippen LogP contribution in [0.5, 0.6) is 23.0 Å². The molecule has 0 bridgehead atoms. The molecule has 0 spiro atoms. The Morgan fingerprint density at radius 3 is 1.33 bits per heavy atom. The SMILES string of the molecule is CN(C)C(=O)c1ccc(Oc2cc(CO)ccc2[N+](=O)[O-])cc1.CN(C)C(=O)c1ccc(Oc2cc(COP(=O)(N(C)C)N(C)C)ccc2[N+](=O)[O-])cc1. The molecule has 0 aliphatic heterocycles. The third-order valence-corrected chi connectivity index (χ3v) is 9.99. The van der Waals surface area contributed by atoms with E-state index in [4.69, 9.17) is 19.1 Å². The Morgan fingerprint density at radius 2 is 1.00 bits per heavy atom. The lowest BCUT2D eigenvalue weighted by molar-refractivity contribution is -0.385. The van der Waals surface area contributed by atoms with Gasteiger partial charge < -0.3 is 28.9 Å². The minimum atomic E-state index is -3.21. The molecule has 0 atom stereocenters. The zero-order valence-corrected chi connectivity index (χ0v) is 32.1. The van der Waals surface area contributed by atoms with Crippen molar-refractivity contribution in [2.45, 2.75) is 13.2 Å². The summed E-state index contributed by atoms with van der Waals surface area (Å²) >= 11 is 0.